The van der Waals surface area contributed by atoms with Crippen LogP contribution in [0.1, 0.15) is 12.8 Å². The van der Waals surface area contributed by atoms with E-state index in [9.17, 15) is 14.3 Å². The van der Waals surface area contributed by atoms with Gasteiger partial charge in [-0.2, -0.15) is 0 Å². The van der Waals surface area contributed by atoms with Crippen LogP contribution in [0, 0.1) is 5.82 Å². The molecule has 2 heterocycles. The lowest BCUT2D eigenvalue weighted by Crippen LogP contribution is -2.28. The fourth-order valence-corrected chi connectivity index (χ4v) is 4.76. The number of aliphatic hydroxyl groups excluding tert-OH is 1. The number of anilines is 1. The number of carbonyl (C=O) groups excluding carboxylic acids is 1. The van der Waals surface area contributed by atoms with E-state index >= 15 is 0 Å². The Hall–Kier alpha value is -0.640. The number of benzene rings is 1. The minimum Gasteiger partial charge on any atom is -0.395 e. The first kappa shape index (κ1) is 17.2. The molecule has 0 aliphatic carbocycles. The molecule has 1 aromatic heterocycles. The van der Waals surface area contributed by atoms with Gasteiger partial charge in [0, 0.05) is 24.5 Å². The zero-order chi connectivity index (χ0) is 16.6. The molecule has 1 saturated heterocycles. The number of hydrogen-bond acceptors (Lipinski definition) is 6. The van der Waals surface area contributed by atoms with Crippen LogP contribution >= 0.6 is 46.5 Å². The van der Waals surface area contributed by atoms with Gasteiger partial charge in [0.25, 0.3) is 5.24 Å². The van der Waals surface area contributed by atoms with Crippen molar-refractivity contribution in [1.82, 2.24) is 9.29 Å². The van der Waals surface area contributed by atoms with Crippen LogP contribution in [-0.2, 0) is 0 Å². The lowest BCUT2D eigenvalue weighted by Gasteiger charge is -2.20. The summed E-state index contributed by atoms with van der Waals surface area (Å²) in [6.07, 6.45) is 1.75. The van der Waals surface area contributed by atoms with E-state index in [2.05, 4.69) is 10.3 Å². The molecule has 0 spiro atoms. The van der Waals surface area contributed by atoms with Gasteiger partial charge >= 0.3 is 0 Å². The predicted octanol–water partition coefficient (Wildman–Crippen LogP) is 4.38. The summed E-state index contributed by atoms with van der Waals surface area (Å²) >= 11 is 13.8. The Bertz CT molecular complexity index is 758. The summed E-state index contributed by atoms with van der Waals surface area (Å²) in [6.45, 7) is 0.693. The largest absolute Gasteiger partial charge is 0.395 e. The smallest absolute Gasteiger partial charge is 0.298 e. The van der Waals surface area contributed by atoms with Crippen molar-refractivity contribution >= 4 is 67.6 Å². The molecule has 1 unspecified atom stereocenters. The zero-order valence-corrected chi connectivity index (χ0v) is 14.8. The van der Waals surface area contributed by atoms with Gasteiger partial charge in [-0.1, -0.05) is 23.2 Å². The number of hydrogen-bond donors (Lipinski definition) is 2. The Morgan fingerprint density at radius 1 is 1.61 bits per heavy atom. The summed E-state index contributed by atoms with van der Waals surface area (Å²) in [7, 11) is 0. The number of nitrogens with zero attached hydrogens (tertiary/aromatic N) is 2. The van der Waals surface area contributed by atoms with Gasteiger partial charge in [-0.05, 0) is 18.9 Å². The molecule has 1 fully saturated rings. The number of rotatable bonds is 3. The summed E-state index contributed by atoms with van der Waals surface area (Å²) in [5.74, 6) is -0.642. The number of halogens is 3. The topological polar surface area (TPSA) is 65.5 Å². The minimum atomic E-state index is -0.642. The highest BCUT2D eigenvalue weighted by atomic mass is 35.5. The number of fused-ring (bicyclic) bond motifs is 1. The molecule has 1 aromatic carbocycles. The van der Waals surface area contributed by atoms with Crippen molar-refractivity contribution in [3.63, 3.8) is 0 Å². The monoisotopic (exact) mass is 395 g/mol. The van der Waals surface area contributed by atoms with Gasteiger partial charge < -0.3 is 10.4 Å². The summed E-state index contributed by atoms with van der Waals surface area (Å²) < 4.78 is 16.6. The molecule has 0 radical (unpaired) electrons. The Balaban J connectivity index is 1.82. The summed E-state index contributed by atoms with van der Waals surface area (Å²) in [5, 5.41) is 11.5. The van der Waals surface area contributed by atoms with Crippen molar-refractivity contribution in [2.24, 2.45) is 0 Å². The molecule has 23 heavy (non-hydrogen) atoms. The second-order valence-electron chi connectivity index (χ2n) is 4.98. The summed E-state index contributed by atoms with van der Waals surface area (Å²) in [4.78, 5) is 16.2. The minimum absolute atomic E-state index is 0.00964. The molecule has 0 bridgehead atoms. The molecule has 124 valence electrons. The molecule has 1 aliphatic heterocycles. The van der Waals surface area contributed by atoms with Crippen LogP contribution in [-0.4, -0.2) is 38.8 Å². The van der Waals surface area contributed by atoms with Gasteiger partial charge in [0.1, 0.15) is 11.3 Å². The number of nitrogens with one attached hydrogen (secondary N) is 1. The van der Waals surface area contributed by atoms with E-state index < -0.39 is 11.1 Å². The van der Waals surface area contributed by atoms with Gasteiger partial charge in [0.2, 0.25) is 0 Å². The molecule has 3 rings (SSSR count). The normalized spacial score (nSPS) is 18.7. The third kappa shape index (κ3) is 3.57. The molecule has 2 aromatic rings. The van der Waals surface area contributed by atoms with Crippen molar-refractivity contribution in [3.05, 3.63) is 21.4 Å². The zero-order valence-electron chi connectivity index (χ0n) is 11.7. The standard InChI is InChI=1S/C13H12Cl2FN3O2S2/c14-7-4-8(16)10(11-9(7)17-12(15)22-11)18-13(21)23-19-3-1-2-6(19)5-20/h4,6,20H,1-3,5H2,(H,18,21). The van der Waals surface area contributed by atoms with E-state index in [4.69, 9.17) is 23.2 Å². The average Bonchev–Trinajstić information content (AvgIpc) is 3.09. The third-order valence-corrected chi connectivity index (χ3v) is 5.96. The van der Waals surface area contributed by atoms with Crippen LogP contribution in [0.3, 0.4) is 0 Å². The van der Waals surface area contributed by atoms with Crippen LogP contribution < -0.4 is 5.32 Å². The van der Waals surface area contributed by atoms with Crippen LogP contribution in [0.15, 0.2) is 6.07 Å². The van der Waals surface area contributed by atoms with E-state index in [1.807, 2.05) is 0 Å². The van der Waals surface area contributed by atoms with E-state index in [0.29, 0.717) is 16.8 Å². The fraction of sp³-hybridized carbons (Fsp3) is 0.385. The molecule has 1 amide bonds. The number of amides is 1. The Kier molecular flexibility index (Phi) is 5.29. The van der Waals surface area contributed by atoms with Crippen molar-refractivity contribution in [3.8, 4) is 0 Å². The van der Waals surface area contributed by atoms with Crippen LogP contribution in [0.2, 0.25) is 9.49 Å². The maximum Gasteiger partial charge on any atom is 0.298 e. The van der Waals surface area contributed by atoms with Crippen LogP contribution in [0.25, 0.3) is 10.2 Å². The maximum absolute atomic E-state index is 14.2. The van der Waals surface area contributed by atoms with Crippen LogP contribution in [0.5, 0.6) is 0 Å². The Labute approximate surface area is 149 Å². The van der Waals surface area contributed by atoms with Gasteiger partial charge in [-0.15, -0.1) is 11.3 Å². The fourth-order valence-electron chi connectivity index (χ4n) is 2.45. The van der Waals surface area contributed by atoms with Crippen molar-refractivity contribution in [2.45, 2.75) is 18.9 Å². The van der Waals surface area contributed by atoms with E-state index in [-0.39, 0.29) is 27.8 Å². The average molecular weight is 396 g/mol. The second-order valence-corrected chi connectivity index (χ2v) is 7.99. The van der Waals surface area contributed by atoms with E-state index in [0.717, 1.165) is 42.2 Å². The third-order valence-electron chi connectivity index (χ3n) is 3.51. The van der Waals surface area contributed by atoms with Crippen molar-refractivity contribution in [2.75, 3.05) is 18.5 Å². The number of thiazole rings is 1. The van der Waals surface area contributed by atoms with Crippen LogP contribution in [0.4, 0.5) is 14.9 Å². The Morgan fingerprint density at radius 3 is 3.13 bits per heavy atom. The SMILES string of the molecule is O=C(Nc1c(F)cc(Cl)c2nc(Cl)sc12)SN1CCCC1CO. The number of carbonyl (C=O) groups is 1. The summed E-state index contributed by atoms with van der Waals surface area (Å²) in [5.41, 5.74) is 0.379. The predicted molar refractivity (Wildman–Crippen MR) is 93.0 cm³/mol. The quantitative estimate of drug-likeness (QED) is 0.754. The first-order valence-electron chi connectivity index (χ1n) is 6.80. The van der Waals surface area contributed by atoms with E-state index in [1.165, 1.54) is 0 Å². The summed E-state index contributed by atoms with van der Waals surface area (Å²) in [6, 6.07) is 1.05. The highest BCUT2D eigenvalue weighted by molar-refractivity contribution is 8.11. The lowest BCUT2D eigenvalue weighted by molar-refractivity contribution is 0.220. The van der Waals surface area contributed by atoms with Crippen molar-refractivity contribution in [1.29, 1.82) is 0 Å². The molecule has 5 nitrogen and oxygen atoms in total. The highest BCUT2D eigenvalue weighted by Crippen LogP contribution is 2.38. The second kappa shape index (κ2) is 7.08. The highest BCUT2D eigenvalue weighted by Gasteiger charge is 2.27. The first-order valence-corrected chi connectivity index (χ1v) is 9.14. The molecule has 1 aliphatic rings. The molecule has 0 saturated carbocycles. The van der Waals surface area contributed by atoms with Gasteiger partial charge in [0.15, 0.2) is 4.47 Å². The van der Waals surface area contributed by atoms with Gasteiger partial charge in [-0.3, -0.25) is 4.79 Å². The molecular weight excluding hydrogens is 384 g/mol. The van der Waals surface area contributed by atoms with E-state index in [1.54, 1.807) is 4.31 Å². The number of aromatic nitrogens is 1. The number of aliphatic hydroxyl groups is 1. The van der Waals surface area contributed by atoms with Gasteiger partial charge in [0.05, 0.1) is 22.0 Å². The lowest BCUT2D eigenvalue weighted by atomic mass is 10.2. The molecule has 1 atom stereocenters. The molecular formula is C13H12Cl2FN3O2S2. The maximum atomic E-state index is 14.2. The molecule has 2 N–H and O–H groups in total. The van der Waals surface area contributed by atoms with Crippen molar-refractivity contribution < 1.29 is 14.3 Å². The molecule has 10 heteroatoms. The first-order chi connectivity index (χ1) is 11.0. The Morgan fingerprint density at radius 2 is 2.39 bits per heavy atom. The van der Waals surface area contributed by atoms with Gasteiger partial charge in [-0.25, -0.2) is 13.7 Å².